The predicted molar refractivity (Wildman–Crippen MR) is 80.3 cm³/mol. The minimum atomic E-state index is 0.0901. The van der Waals surface area contributed by atoms with E-state index in [4.69, 9.17) is 16.9 Å². The van der Waals surface area contributed by atoms with Gasteiger partial charge in [0.15, 0.2) is 0 Å². The van der Waals surface area contributed by atoms with Crippen LogP contribution in [0.1, 0.15) is 31.9 Å². The van der Waals surface area contributed by atoms with E-state index in [1.54, 1.807) is 0 Å². The second-order valence-corrected chi connectivity index (χ2v) is 6.04. The lowest BCUT2D eigenvalue weighted by molar-refractivity contribution is 0.590. The van der Waals surface area contributed by atoms with Gasteiger partial charge in [-0.05, 0) is 34.7 Å². The van der Waals surface area contributed by atoms with Crippen molar-refractivity contribution in [2.24, 2.45) is 0 Å². The summed E-state index contributed by atoms with van der Waals surface area (Å²) in [5.74, 6) is 0. The molecule has 96 valence electrons. The van der Waals surface area contributed by atoms with Crippen LogP contribution >= 0.6 is 11.6 Å². The summed E-state index contributed by atoms with van der Waals surface area (Å²) in [6, 6.07) is 15.8. The van der Waals surface area contributed by atoms with E-state index in [1.165, 1.54) is 5.56 Å². The predicted octanol–water partition coefficient (Wildman–Crippen LogP) is 5.18. The number of hydrogen-bond acceptors (Lipinski definition) is 1. The molecule has 0 aliphatic heterocycles. The van der Waals surface area contributed by atoms with Crippen LogP contribution in [0.25, 0.3) is 11.1 Å². The highest BCUT2D eigenvalue weighted by atomic mass is 35.5. The second kappa shape index (κ2) is 5.07. The maximum absolute atomic E-state index is 8.80. The van der Waals surface area contributed by atoms with Crippen molar-refractivity contribution in [1.29, 1.82) is 5.26 Å². The van der Waals surface area contributed by atoms with Crippen molar-refractivity contribution in [3.05, 3.63) is 58.6 Å². The van der Waals surface area contributed by atoms with E-state index in [2.05, 4.69) is 32.9 Å². The fourth-order valence-electron chi connectivity index (χ4n) is 1.94. The SMILES string of the molecule is CC(C)(C)c1ccc(-c2ccc(C#N)cc2)c(Cl)c1. The number of nitrogens with zero attached hydrogens (tertiary/aromatic N) is 1. The normalized spacial score (nSPS) is 11.1. The highest BCUT2D eigenvalue weighted by molar-refractivity contribution is 6.33. The molecule has 0 saturated carbocycles. The summed E-state index contributed by atoms with van der Waals surface area (Å²) >= 11 is 6.38. The van der Waals surface area contributed by atoms with Crippen LogP contribution in [0.3, 0.4) is 0 Å². The van der Waals surface area contributed by atoms with Gasteiger partial charge in [0.1, 0.15) is 0 Å². The Labute approximate surface area is 119 Å². The van der Waals surface area contributed by atoms with Crippen molar-refractivity contribution in [2.75, 3.05) is 0 Å². The third kappa shape index (κ3) is 2.97. The Balaban J connectivity index is 2.43. The lowest BCUT2D eigenvalue weighted by Crippen LogP contribution is -2.10. The highest BCUT2D eigenvalue weighted by Crippen LogP contribution is 2.32. The molecule has 1 nitrogen and oxygen atoms in total. The van der Waals surface area contributed by atoms with Crippen LogP contribution in [0.4, 0.5) is 0 Å². The third-order valence-electron chi connectivity index (χ3n) is 3.16. The van der Waals surface area contributed by atoms with Gasteiger partial charge in [-0.15, -0.1) is 0 Å². The maximum atomic E-state index is 8.80. The van der Waals surface area contributed by atoms with Crippen LogP contribution in [-0.2, 0) is 5.41 Å². The molecule has 0 radical (unpaired) electrons. The van der Waals surface area contributed by atoms with Gasteiger partial charge in [-0.1, -0.05) is 56.6 Å². The van der Waals surface area contributed by atoms with Gasteiger partial charge in [0.2, 0.25) is 0 Å². The Hall–Kier alpha value is -1.78. The summed E-state index contributed by atoms with van der Waals surface area (Å²) in [5.41, 5.74) is 4.00. The highest BCUT2D eigenvalue weighted by Gasteiger charge is 2.15. The molecule has 2 rings (SSSR count). The molecule has 0 unspecified atom stereocenters. The van der Waals surface area contributed by atoms with Gasteiger partial charge >= 0.3 is 0 Å². The van der Waals surface area contributed by atoms with Crippen molar-refractivity contribution >= 4 is 11.6 Å². The molecular weight excluding hydrogens is 254 g/mol. The van der Waals surface area contributed by atoms with Crippen molar-refractivity contribution < 1.29 is 0 Å². The molecule has 0 bridgehead atoms. The van der Waals surface area contributed by atoms with Crippen LogP contribution in [0.5, 0.6) is 0 Å². The standard InChI is InChI=1S/C17H16ClN/c1-17(2,3)14-8-9-15(16(18)10-14)13-6-4-12(11-19)5-7-13/h4-10H,1-3H3. The molecule has 2 aromatic carbocycles. The van der Waals surface area contributed by atoms with Gasteiger partial charge in [-0.25, -0.2) is 0 Å². The average molecular weight is 270 g/mol. The molecule has 0 N–H and O–H groups in total. The number of benzene rings is 2. The fourth-order valence-corrected chi connectivity index (χ4v) is 2.23. The Morgan fingerprint density at radius 3 is 2.11 bits per heavy atom. The molecule has 0 saturated heterocycles. The monoisotopic (exact) mass is 269 g/mol. The zero-order chi connectivity index (χ0) is 14.0. The van der Waals surface area contributed by atoms with E-state index in [1.807, 2.05) is 36.4 Å². The minimum Gasteiger partial charge on any atom is -0.192 e. The molecule has 19 heavy (non-hydrogen) atoms. The lowest BCUT2D eigenvalue weighted by atomic mass is 9.86. The van der Waals surface area contributed by atoms with E-state index in [0.29, 0.717) is 5.56 Å². The van der Waals surface area contributed by atoms with Crippen molar-refractivity contribution in [1.82, 2.24) is 0 Å². The zero-order valence-corrected chi connectivity index (χ0v) is 12.1. The molecule has 0 amide bonds. The van der Waals surface area contributed by atoms with Gasteiger partial charge in [0.25, 0.3) is 0 Å². The molecule has 0 atom stereocenters. The summed E-state index contributed by atoms with van der Waals surface area (Å²) in [6.07, 6.45) is 0. The first-order valence-electron chi connectivity index (χ1n) is 6.22. The van der Waals surface area contributed by atoms with E-state index >= 15 is 0 Å². The molecule has 0 fully saturated rings. The Kier molecular flexibility index (Phi) is 3.64. The molecule has 2 heteroatoms. The molecule has 0 spiro atoms. The van der Waals surface area contributed by atoms with Crippen LogP contribution < -0.4 is 0 Å². The zero-order valence-electron chi connectivity index (χ0n) is 11.4. The Morgan fingerprint density at radius 2 is 1.63 bits per heavy atom. The summed E-state index contributed by atoms with van der Waals surface area (Å²) < 4.78 is 0. The molecule has 0 aliphatic carbocycles. The minimum absolute atomic E-state index is 0.0901. The smallest absolute Gasteiger partial charge is 0.0991 e. The first kappa shape index (κ1) is 13.6. The fraction of sp³-hybridized carbons (Fsp3) is 0.235. The average Bonchev–Trinajstić information content (AvgIpc) is 2.38. The molecule has 0 aliphatic rings. The summed E-state index contributed by atoms with van der Waals surface area (Å²) in [7, 11) is 0. The summed E-state index contributed by atoms with van der Waals surface area (Å²) in [6.45, 7) is 6.50. The van der Waals surface area contributed by atoms with E-state index in [0.717, 1.165) is 16.1 Å². The van der Waals surface area contributed by atoms with Gasteiger partial charge in [-0.3, -0.25) is 0 Å². The molecular formula is C17H16ClN. The summed E-state index contributed by atoms with van der Waals surface area (Å²) in [5, 5.41) is 9.55. The van der Waals surface area contributed by atoms with Crippen LogP contribution in [0.15, 0.2) is 42.5 Å². The van der Waals surface area contributed by atoms with Crippen LogP contribution in [-0.4, -0.2) is 0 Å². The number of hydrogen-bond donors (Lipinski definition) is 0. The Morgan fingerprint density at radius 1 is 1.00 bits per heavy atom. The largest absolute Gasteiger partial charge is 0.192 e. The quantitative estimate of drug-likeness (QED) is 0.700. The molecule has 0 aromatic heterocycles. The number of rotatable bonds is 1. The molecule has 0 heterocycles. The Bertz CT molecular complexity index is 628. The number of halogens is 1. The van der Waals surface area contributed by atoms with Gasteiger partial charge in [-0.2, -0.15) is 5.26 Å². The van der Waals surface area contributed by atoms with Gasteiger partial charge < -0.3 is 0 Å². The van der Waals surface area contributed by atoms with E-state index < -0.39 is 0 Å². The number of nitriles is 1. The summed E-state index contributed by atoms with van der Waals surface area (Å²) in [4.78, 5) is 0. The van der Waals surface area contributed by atoms with Crippen molar-refractivity contribution in [3.8, 4) is 17.2 Å². The third-order valence-corrected chi connectivity index (χ3v) is 3.47. The lowest BCUT2D eigenvalue weighted by Gasteiger charge is -2.20. The van der Waals surface area contributed by atoms with Crippen molar-refractivity contribution in [2.45, 2.75) is 26.2 Å². The van der Waals surface area contributed by atoms with Crippen LogP contribution in [0, 0.1) is 11.3 Å². The van der Waals surface area contributed by atoms with E-state index in [9.17, 15) is 0 Å². The maximum Gasteiger partial charge on any atom is 0.0991 e. The van der Waals surface area contributed by atoms with E-state index in [-0.39, 0.29) is 5.41 Å². The van der Waals surface area contributed by atoms with Crippen LogP contribution in [0.2, 0.25) is 5.02 Å². The van der Waals surface area contributed by atoms with Gasteiger partial charge in [0, 0.05) is 10.6 Å². The first-order chi connectivity index (χ1) is 8.91. The van der Waals surface area contributed by atoms with Gasteiger partial charge in [0.05, 0.1) is 11.6 Å². The molecule has 2 aromatic rings. The van der Waals surface area contributed by atoms with Crippen molar-refractivity contribution in [3.63, 3.8) is 0 Å². The first-order valence-corrected chi connectivity index (χ1v) is 6.60. The second-order valence-electron chi connectivity index (χ2n) is 5.63. The topological polar surface area (TPSA) is 23.8 Å².